The van der Waals surface area contributed by atoms with Gasteiger partial charge >= 0.3 is 12.1 Å². The van der Waals surface area contributed by atoms with Gasteiger partial charge in [0, 0.05) is 12.5 Å². The number of ether oxygens (including phenoxy) is 2. The van der Waals surface area contributed by atoms with Crippen LogP contribution in [0.15, 0.2) is 66.7 Å². The number of rotatable bonds is 7. The molecule has 8 nitrogen and oxygen atoms in total. The van der Waals surface area contributed by atoms with E-state index in [1.54, 1.807) is 0 Å². The number of aliphatic hydroxyl groups excluding tert-OH is 2. The monoisotopic (exact) mass is 463 g/mol. The minimum Gasteiger partial charge on any atom is -0.507 e. The number of carbonyl (C=O) groups is 2. The molecule has 0 spiro atoms. The second-order valence-corrected chi connectivity index (χ2v) is 7.99. The topological polar surface area (TPSA) is 125 Å². The van der Waals surface area contributed by atoms with Crippen LogP contribution in [0.3, 0.4) is 0 Å². The van der Waals surface area contributed by atoms with Gasteiger partial charge in [0.05, 0.1) is 7.11 Å². The van der Waals surface area contributed by atoms with E-state index >= 15 is 0 Å². The van der Waals surface area contributed by atoms with Crippen molar-refractivity contribution in [3.8, 4) is 16.9 Å². The van der Waals surface area contributed by atoms with Crippen molar-refractivity contribution in [3.63, 3.8) is 0 Å². The number of hydrogen-bond acceptors (Lipinski definition) is 7. The molecule has 1 aliphatic rings. The second-order valence-electron chi connectivity index (χ2n) is 7.99. The zero-order chi connectivity index (χ0) is 24.2. The van der Waals surface area contributed by atoms with Crippen molar-refractivity contribution < 1.29 is 34.4 Å². The molecule has 0 aliphatic heterocycles. The van der Waals surface area contributed by atoms with Crippen molar-refractivity contribution in [2.24, 2.45) is 0 Å². The molecule has 4 N–H and O–H groups in total. The highest BCUT2D eigenvalue weighted by Gasteiger charge is 2.29. The molecule has 1 amide bonds. The fourth-order valence-corrected chi connectivity index (χ4v) is 4.18. The number of alkyl carbamates (subject to hydrolysis) is 1. The molecule has 2 atom stereocenters. The van der Waals surface area contributed by atoms with Crippen molar-refractivity contribution in [2.75, 3.05) is 20.3 Å². The maximum atomic E-state index is 12.3. The minimum atomic E-state index is -1.42. The van der Waals surface area contributed by atoms with Gasteiger partial charge in [-0.1, -0.05) is 54.6 Å². The molecule has 3 aromatic carbocycles. The molecular weight excluding hydrogens is 438 g/mol. The summed E-state index contributed by atoms with van der Waals surface area (Å²) in [5, 5.41) is 33.0. The Morgan fingerprint density at radius 2 is 1.59 bits per heavy atom. The lowest BCUT2D eigenvalue weighted by atomic mass is 9.98. The summed E-state index contributed by atoms with van der Waals surface area (Å²) < 4.78 is 10.0. The Balaban J connectivity index is 1.35. The summed E-state index contributed by atoms with van der Waals surface area (Å²) >= 11 is 0. The van der Waals surface area contributed by atoms with Gasteiger partial charge in [0.15, 0.2) is 0 Å². The van der Waals surface area contributed by atoms with E-state index in [-0.39, 0.29) is 35.9 Å². The van der Waals surface area contributed by atoms with Gasteiger partial charge in [0.25, 0.3) is 0 Å². The molecule has 0 heterocycles. The van der Waals surface area contributed by atoms with Crippen molar-refractivity contribution in [1.82, 2.24) is 5.32 Å². The molecule has 8 heteroatoms. The maximum Gasteiger partial charge on any atom is 0.407 e. The number of phenolic OH excluding ortho intramolecular Hbond substituents is 1. The summed E-state index contributed by atoms with van der Waals surface area (Å²) in [5.74, 6) is -1.19. The molecule has 0 fully saturated rings. The molecule has 0 bridgehead atoms. The first-order chi connectivity index (χ1) is 16.4. The van der Waals surface area contributed by atoms with Gasteiger partial charge in [0.1, 0.15) is 30.1 Å². The number of phenols is 1. The highest BCUT2D eigenvalue weighted by molar-refractivity contribution is 5.92. The summed E-state index contributed by atoms with van der Waals surface area (Å²) in [4.78, 5) is 24.0. The molecule has 4 rings (SSSR count). The molecule has 34 heavy (non-hydrogen) atoms. The molecule has 0 saturated carbocycles. The van der Waals surface area contributed by atoms with Crippen LogP contribution in [0.4, 0.5) is 4.79 Å². The fraction of sp³-hybridized carbons (Fsp3) is 0.231. The third-order valence-corrected chi connectivity index (χ3v) is 5.93. The average Bonchev–Trinajstić information content (AvgIpc) is 3.19. The minimum absolute atomic E-state index is 0.0950. The zero-order valence-electron chi connectivity index (χ0n) is 18.5. The number of amides is 1. The second kappa shape index (κ2) is 9.94. The lowest BCUT2D eigenvalue weighted by Crippen LogP contribution is -2.36. The van der Waals surface area contributed by atoms with E-state index in [0.717, 1.165) is 29.4 Å². The number of hydrogen-bond donors (Lipinski definition) is 4. The summed E-state index contributed by atoms with van der Waals surface area (Å²) in [5.41, 5.74) is 4.44. The van der Waals surface area contributed by atoms with E-state index in [4.69, 9.17) is 4.74 Å². The molecule has 0 aromatic heterocycles. The highest BCUT2D eigenvalue weighted by Crippen LogP contribution is 2.44. The Kier molecular flexibility index (Phi) is 6.81. The Hall–Kier alpha value is -3.88. The Bertz CT molecular complexity index is 1160. The first-order valence-electron chi connectivity index (χ1n) is 10.8. The normalized spacial score (nSPS) is 14.0. The predicted molar refractivity (Wildman–Crippen MR) is 123 cm³/mol. The SMILES string of the molecule is COC(=O)c1cc(C(O)C(O)CNC(=O)OCC2c3ccccc3-c3ccccc32)ccc1O. The van der Waals surface area contributed by atoms with E-state index in [0.29, 0.717) is 0 Å². The van der Waals surface area contributed by atoms with Gasteiger partial charge in [-0.15, -0.1) is 0 Å². The zero-order valence-corrected chi connectivity index (χ0v) is 18.5. The van der Waals surface area contributed by atoms with Crippen molar-refractivity contribution in [3.05, 3.63) is 89.0 Å². The van der Waals surface area contributed by atoms with Crippen LogP contribution in [0.5, 0.6) is 5.75 Å². The van der Waals surface area contributed by atoms with E-state index < -0.39 is 24.3 Å². The smallest absolute Gasteiger partial charge is 0.407 e. The van der Waals surface area contributed by atoms with Crippen LogP contribution >= 0.6 is 0 Å². The maximum absolute atomic E-state index is 12.3. The van der Waals surface area contributed by atoms with Crippen molar-refractivity contribution in [2.45, 2.75) is 18.1 Å². The number of aliphatic hydroxyl groups is 2. The predicted octanol–water partition coefficient (Wildman–Crippen LogP) is 3.11. The molecule has 3 aromatic rings. The summed E-state index contributed by atoms with van der Waals surface area (Å²) in [6.45, 7) is -0.161. The van der Waals surface area contributed by atoms with Crippen LogP contribution in [0.1, 0.15) is 39.1 Å². The molecule has 176 valence electrons. The Labute approximate surface area is 196 Å². The largest absolute Gasteiger partial charge is 0.507 e. The quantitative estimate of drug-likeness (QED) is 0.397. The standard InChI is InChI=1S/C26H25NO7/c1-33-25(31)20-12-15(10-11-22(20)28)24(30)23(29)13-27-26(32)34-14-21-18-8-4-2-6-16(18)17-7-3-5-9-19(17)21/h2-12,21,23-24,28-30H,13-14H2,1H3,(H,27,32). The third kappa shape index (κ3) is 4.59. The van der Waals surface area contributed by atoms with E-state index in [9.17, 15) is 24.9 Å². The third-order valence-electron chi connectivity index (χ3n) is 5.93. The fourth-order valence-electron chi connectivity index (χ4n) is 4.18. The Morgan fingerprint density at radius 1 is 0.971 bits per heavy atom. The first-order valence-corrected chi connectivity index (χ1v) is 10.8. The lowest BCUT2D eigenvalue weighted by Gasteiger charge is -2.20. The molecule has 2 unspecified atom stereocenters. The van der Waals surface area contributed by atoms with E-state index in [1.165, 1.54) is 18.2 Å². The van der Waals surface area contributed by atoms with Gasteiger partial charge in [-0.2, -0.15) is 0 Å². The van der Waals surface area contributed by atoms with Gasteiger partial charge in [-0.05, 0) is 39.9 Å². The number of esters is 1. The van der Waals surface area contributed by atoms with Crippen LogP contribution in [-0.4, -0.2) is 53.7 Å². The number of nitrogens with one attached hydrogen (secondary N) is 1. The summed E-state index contributed by atoms with van der Waals surface area (Å²) in [6.07, 6.45) is -3.53. The van der Waals surface area contributed by atoms with Crippen LogP contribution < -0.4 is 5.32 Å². The summed E-state index contributed by atoms with van der Waals surface area (Å²) in [7, 11) is 1.16. The van der Waals surface area contributed by atoms with Gasteiger partial charge in [-0.3, -0.25) is 0 Å². The lowest BCUT2D eigenvalue weighted by molar-refractivity contribution is 0.0184. The summed E-state index contributed by atoms with van der Waals surface area (Å²) in [6, 6.07) is 19.8. The van der Waals surface area contributed by atoms with E-state index in [2.05, 4.69) is 10.1 Å². The molecule has 0 radical (unpaired) electrons. The number of fused-ring (bicyclic) bond motifs is 3. The number of aromatic hydroxyl groups is 1. The average molecular weight is 463 g/mol. The molecule has 1 aliphatic carbocycles. The van der Waals surface area contributed by atoms with Crippen LogP contribution in [-0.2, 0) is 9.47 Å². The van der Waals surface area contributed by atoms with Gasteiger partial charge < -0.3 is 30.1 Å². The van der Waals surface area contributed by atoms with Crippen molar-refractivity contribution in [1.29, 1.82) is 0 Å². The number of carbonyl (C=O) groups excluding carboxylic acids is 2. The highest BCUT2D eigenvalue weighted by atomic mass is 16.5. The van der Waals surface area contributed by atoms with Crippen LogP contribution in [0.25, 0.3) is 11.1 Å². The van der Waals surface area contributed by atoms with Gasteiger partial charge in [-0.25, -0.2) is 9.59 Å². The van der Waals surface area contributed by atoms with Crippen LogP contribution in [0.2, 0.25) is 0 Å². The Morgan fingerprint density at radius 3 is 2.21 bits per heavy atom. The van der Waals surface area contributed by atoms with Gasteiger partial charge in [0.2, 0.25) is 0 Å². The molecule has 0 saturated heterocycles. The number of benzene rings is 3. The molecular formula is C26H25NO7. The number of methoxy groups -OCH3 is 1. The van der Waals surface area contributed by atoms with E-state index in [1.807, 2.05) is 48.5 Å². The van der Waals surface area contributed by atoms with Crippen molar-refractivity contribution >= 4 is 12.1 Å². The van der Waals surface area contributed by atoms with Crippen LogP contribution in [0, 0.1) is 0 Å². The first kappa shape index (κ1) is 23.3.